The molecule has 90 valence electrons. The summed E-state index contributed by atoms with van der Waals surface area (Å²) in [5, 5.41) is 15.8. The van der Waals surface area contributed by atoms with Crippen molar-refractivity contribution in [2.75, 3.05) is 5.32 Å². The summed E-state index contributed by atoms with van der Waals surface area (Å²) in [5.74, 6) is 0.360. The topological polar surface area (TPSA) is 32.3 Å². The highest BCUT2D eigenvalue weighted by Crippen LogP contribution is 2.29. The fraction of sp³-hybridized carbons (Fsp3) is 0.231. The van der Waals surface area contributed by atoms with E-state index in [1.807, 2.05) is 37.4 Å². The minimum Gasteiger partial charge on any atom is -0.507 e. The number of hydrogen-bond donors (Lipinski definition) is 2. The molecule has 2 rings (SSSR count). The van der Waals surface area contributed by atoms with Crippen LogP contribution in [-0.4, -0.2) is 5.11 Å². The first-order valence-corrected chi connectivity index (χ1v) is 6.59. The second-order valence-corrected chi connectivity index (χ2v) is 5.42. The Bertz CT molecular complexity index is 536. The van der Waals surface area contributed by atoms with Crippen molar-refractivity contribution < 1.29 is 5.11 Å². The van der Waals surface area contributed by atoms with Gasteiger partial charge in [0.15, 0.2) is 0 Å². The van der Waals surface area contributed by atoms with Crippen LogP contribution in [0.4, 0.5) is 5.69 Å². The van der Waals surface area contributed by atoms with E-state index in [9.17, 15) is 5.11 Å². The predicted octanol–water partition coefficient (Wildman–Crippen LogP) is 4.34. The summed E-state index contributed by atoms with van der Waals surface area (Å²) < 4.78 is 0. The van der Waals surface area contributed by atoms with E-state index in [1.54, 1.807) is 11.3 Å². The van der Waals surface area contributed by atoms with E-state index < -0.39 is 0 Å². The number of benzene rings is 1. The summed E-state index contributed by atoms with van der Waals surface area (Å²) in [7, 11) is 0. The lowest BCUT2D eigenvalue weighted by Crippen LogP contribution is -1.99. The maximum atomic E-state index is 9.83. The molecule has 0 spiro atoms. The smallest absolute Gasteiger partial charge is 0.123 e. The van der Waals surface area contributed by atoms with E-state index in [2.05, 4.69) is 5.32 Å². The maximum Gasteiger partial charge on any atom is 0.123 e. The normalized spacial score (nSPS) is 10.5. The number of phenolic OH excluding ortho intramolecular Hbond substituents is 1. The SMILES string of the molecule is Cc1ccc(NCc2cc(Cl)cs2)c(C)c1O. The highest BCUT2D eigenvalue weighted by Gasteiger charge is 2.06. The number of aromatic hydroxyl groups is 1. The minimum absolute atomic E-state index is 0.360. The van der Waals surface area contributed by atoms with Gasteiger partial charge >= 0.3 is 0 Å². The van der Waals surface area contributed by atoms with E-state index >= 15 is 0 Å². The lowest BCUT2D eigenvalue weighted by molar-refractivity contribution is 0.467. The molecule has 0 radical (unpaired) electrons. The molecule has 2 aromatic rings. The van der Waals surface area contributed by atoms with E-state index in [0.29, 0.717) is 5.75 Å². The van der Waals surface area contributed by atoms with Gasteiger partial charge in [-0.05, 0) is 31.5 Å². The van der Waals surface area contributed by atoms with Crippen LogP contribution in [0, 0.1) is 13.8 Å². The van der Waals surface area contributed by atoms with Crippen molar-refractivity contribution in [1.82, 2.24) is 0 Å². The Morgan fingerprint density at radius 1 is 1.35 bits per heavy atom. The second kappa shape index (κ2) is 4.98. The maximum absolute atomic E-state index is 9.83. The van der Waals surface area contributed by atoms with Gasteiger partial charge in [-0.15, -0.1) is 11.3 Å². The minimum atomic E-state index is 0.360. The third-order valence-electron chi connectivity index (χ3n) is 2.71. The fourth-order valence-electron chi connectivity index (χ4n) is 1.66. The highest BCUT2D eigenvalue weighted by molar-refractivity contribution is 7.10. The van der Waals surface area contributed by atoms with Crippen molar-refractivity contribution in [2.24, 2.45) is 0 Å². The Kier molecular flexibility index (Phi) is 3.60. The molecular weight excluding hydrogens is 254 g/mol. The largest absolute Gasteiger partial charge is 0.507 e. The van der Waals surface area contributed by atoms with Crippen molar-refractivity contribution in [3.63, 3.8) is 0 Å². The molecule has 1 heterocycles. The van der Waals surface area contributed by atoms with Gasteiger partial charge in [-0.1, -0.05) is 17.7 Å². The molecule has 0 saturated heterocycles. The van der Waals surface area contributed by atoms with Gasteiger partial charge in [0, 0.05) is 28.1 Å². The van der Waals surface area contributed by atoms with Gasteiger partial charge in [0.05, 0.1) is 5.02 Å². The first-order chi connectivity index (χ1) is 8.08. The number of phenols is 1. The zero-order valence-corrected chi connectivity index (χ0v) is 11.3. The van der Waals surface area contributed by atoms with Crippen molar-refractivity contribution in [3.05, 3.63) is 44.6 Å². The second-order valence-electron chi connectivity index (χ2n) is 3.99. The van der Waals surface area contributed by atoms with Crippen LogP contribution in [0.2, 0.25) is 5.02 Å². The number of thiophene rings is 1. The van der Waals surface area contributed by atoms with Gasteiger partial charge < -0.3 is 10.4 Å². The Labute approximate surface area is 110 Å². The molecular formula is C13H14ClNOS. The third kappa shape index (κ3) is 2.73. The van der Waals surface area contributed by atoms with Gasteiger partial charge in [-0.2, -0.15) is 0 Å². The van der Waals surface area contributed by atoms with Gasteiger partial charge in [0.1, 0.15) is 5.75 Å². The molecule has 0 bridgehead atoms. The molecule has 4 heteroatoms. The van der Waals surface area contributed by atoms with Crippen LogP contribution in [0.1, 0.15) is 16.0 Å². The Morgan fingerprint density at radius 3 is 2.76 bits per heavy atom. The van der Waals surface area contributed by atoms with Crippen molar-refractivity contribution >= 4 is 28.6 Å². The van der Waals surface area contributed by atoms with Crippen LogP contribution in [-0.2, 0) is 6.54 Å². The number of rotatable bonds is 3. The average molecular weight is 268 g/mol. The Morgan fingerprint density at radius 2 is 2.12 bits per heavy atom. The van der Waals surface area contributed by atoms with Gasteiger partial charge in [-0.3, -0.25) is 0 Å². The molecule has 0 aliphatic carbocycles. The molecule has 1 aromatic carbocycles. The standard InChI is InChI=1S/C13H14ClNOS/c1-8-3-4-12(9(2)13(8)16)15-6-11-5-10(14)7-17-11/h3-5,7,15-16H,6H2,1-2H3. The van der Waals surface area contributed by atoms with E-state index in [1.165, 1.54) is 4.88 Å². The lowest BCUT2D eigenvalue weighted by Gasteiger charge is -2.11. The van der Waals surface area contributed by atoms with Gasteiger partial charge in [0.2, 0.25) is 0 Å². The average Bonchev–Trinajstić information content (AvgIpc) is 2.71. The Hall–Kier alpha value is -1.19. The predicted molar refractivity (Wildman–Crippen MR) is 74.2 cm³/mol. The fourth-order valence-corrected chi connectivity index (χ4v) is 2.67. The summed E-state index contributed by atoms with van der Waals surface area (Å²) in [6.07, 6.45) is 0. The summed E-state index contributed by atoms with van der Waals surface area (Å²) in [4.78, 5) is 1.18. The number of halogens is 1. The quantitative estimate of drug-likeness (QED) is 0.867. The van der Waals surface area contributed by atoms with Crippen LogP contribution >= 0.6 is 22.9 Å². The molecule has 0 saturated carbocycles. The first-order valence-electron chi connectivity index (χ1n) is 5.34. The molecule has 0 unspecified atom stereocenters. The zero-order valence-electron chi connectivity index (χ0n) is 9.75. The van der Waals surface area contributed by atoms with Crippen LogP contribution in [0.15, 0.2) is 23.6 Å². The monoisotopic (exact) mass is 267 g/mol. The van der Waals surface area contributed by atoms with Crippen LogP contribution in [0.5, 0.6) is 5.75 Å². The molecule has 0 atom stereocenters. The van der Waals surface area contributed by atoms with Crippen LogP contribution < -0.4 is 5.32 Å². The summed E-state index contributed by atoms with van der Waals surface area (Å²) in [6, 6.07) is 5.84. The molecule has 0 aliphatic rings. The van der Waals surface area contributed by atoms with Crippen molar-refractivity contribution in [2.45, 2.75) is 20.4 Å². The van der Waals surface area contributed by atoms with E-state index in [0.717, 1.165) is 28.4 Å². The number of aryl methyl sites for hydroxylation is 1. The van der Waals surface area contributed by atoms with Gasteiger partial charge in [0.25, 0.3) is 0 Å². The number of hydrogen-bond acceptors (Lipinski definition) is 3. The van der Waals surface area contributed by atoms with E-state index in [-0.39, 0.29) is 0 Å². The molecule has 0 aliphatic heterocycles. The molecule has 1 aromatic heterocycles. The molecule has 17 heavy (non-hydrogen) atoms. The summed E-state index contributed by atoms with van der Waals surface area (Å²) in [5.41, 5.74) is 2.73. The number of nitrogens with one attached hydrogen (secondary N) is 1. The number of anilines is 1. The lowest BCUT2D eigenvalue weighted by atomic mass is 10.1. The van der Waals surface area contributed by atoms with Crippen LogP contribution in [0.25, 0.3) is 0 Å². The zero-order chi connectivity index (χ0) is 12.4. The summed E-state index contributed by atoms with van der Waals surface area (Å²) >= 11 is 7.49. The van der Waals surface area contributed by atoms with Gasteiger partial charge in [-0.25, -0.2) is 0 Å². The third-order valence-corrected chi connectivity index (χ3v) is 3.99. The molecule has 2 N–H and O–H groups in total. The van der Waals surface area contributed by atoms with E-state index in [4.69, 9.17) is 11.6 Å². The van der Waals surface area contributed by atoms with Crippen molar-refractivity contribution in [3.8, 4) is 5.75 Å². The highest BCUT2D eigenvalue weighted by atomic mass is 35.5. The summed E-state index contributed by atoms with van der Waals surface area (Å²) in [6.45, 7) is 4.53. The molecule has 0 fully saturated rings. The van der Waals surface area contributed by atoms with Crippen molar-refractivity contribution in [1.29, 1.82) is 0 Å². The molecule has 2 nitrogen and oxygen atoms in total. The first kappa shape index (κ1) is 12.3. The molecule has 0 amide bonds. The van der Waals surface area contributed by atoms with Crippen LogP contribution in [0.3, 0.4) is 0 Å². The Balaban J connectivity index is 2.12.